The smallest absolute Gasteiger partial charge is 0.317 e. The average Bonchev–Trinajstić information content (AvgIpc) is 2.35. The van der Waals surface area contributed by atoms with E-state index in [4.69, 9.17) is 0 Å². The first-order valence-corrected chi connectivity index (χ1v) is 6.80. The molecule has 0 aliphatic carbocycles. The maximum absolute atomic E-state index is 11.8. The number of hydrogen-bond donors (Lipinski definition) is 3. The van der Waals surface area contributed by atoms with Gasteiger partial charge in [0.2, 0.25) is 5.91 Å². The van der Waals surface area contributed by atoms with Crippen LogP contribution in [0.5, 0.6) is 0 Å². The SMILES string of the molecule is C/C(=C\NC(=O)NC(=O)C1CCNCC1)C(C)(C)C. The third-order valence-corrected chi connectivity index (χ3v) is 3.55. The highest BCUT2D eigenvalue weighted by Gasteiger charge is 2.22. The molecule has 0 bridgehead atoms. The fourth-order valence-electron chi connectivity index (χ4n) is 1.72. The monoisotopic (exact) mass is 267 g/mol. The van der Waals surface area contributed by atoms with E-state index in [0.29, 0.717) is 0 Å². The molecule has 1 heterocycles. The molecule has 3 amide bonds. The standard InChI is InChI=1S/C14H25N3O2/c1-10(14(2,3)4)9-16-13(19)17-12(18)11-5-7-15-8-6-11/h9,11,15H,5-8H2,1-4H3,(H2,16,17,18,19)/b10-9+. The van der Waals surface area contributed by atoms with Crippen molar-refractivity contribution in [3.63, 3.8) is 0 Å². The van der Waals surface area contributed by atoms with Crippen LogP contribution in [0.2, 0.25) is 0 Å². The molecule has 0 aromatic carbocycles. The molecular weight excluding hydrogens is 242 g/mol. The van der Waals surface area contributed by atoms with Crippen molar-refractivity contribution in [2.45, 2.75) is 40.5 Å². The number of nitrogens with one attached hydrogen (secondary N) is 3. The lowest BCUT2D eigenvalue weighted by molar-refractivity contribution is -0.124. The van der Waals surface area contributed by atoms with Gasteiger partial charge < -0.3 is 10.6 Å². The number of rotatable bonds is 2. The summed E-state index contributed by atoms with van der Waals surface area (Å²) in [5.74, 6) is -0.236. The van der Waals surface area contributed by atoms with Gasteiger partial charge in [-0.25, -0.2) is 4.79 Å². The van der Waals surface area contributed by atoms with Crippen molar-refractivity contribution in [3.8, 4) is 0 Å². The molecule has 1 rings (SSSR count). The van der Waals surface area contributed by atoms with Gasteiger partial charge in [-0.15, -0.1) is 0 Å². The van der Waals surface area contributed by atoms with Gasteiger partial charge in [-0.05, 0) is 38.3 Å². The van der Waals surface area contributed by atoms with Crippen molar-refractivity contribution in [1.29, 1.82) is 0 Å². The van der Waals surface area contributed by atoms with Gasteiger partial charge in [-0.3, -0.25) is 10.1 Å². The lowest BCUT2D eigenvalue weighted by atomic mass is 9.88. The molecule has 0 radical (unpaired) electrons. The molecule has 1 aliphatic rings. The fraction of sp³-hybridized carbons (Fsp3) is 0.714. The summed E-state index contributed by atoms with van der Waals surface area (Å²) in [5, 5.41) is 8.20. The number of urea groups is 1. The summed E-state index contributed by atoms with van der Waals surface area (Å²) < 4.78 is 0. The van der Waals surface area contributed by atoms with Crippen LogP contribution in [-0.2, 0) is 4.79 Å². The molecule has 1 saturated heterocycles. The van der Waals surface area contributed by atoms with E-state index in [2.05, 4.69) is 36.7 Å². The molecule has 0 aromatic heterocycles. The number of imide groups is 1. The van der Waals surface area contributed by atoms with Gasteiger partial charge in [0.15, 0.2) is 0 Å². The summed E-state index contributed by atoms with van der Waals surface area (Å²) in [6.45, 7) is 9.83. The predicted molar refractivity (Wildman–Crippen MR) is 75.5 cm³/mol. The maximum atomic E-state index is 11.8. The first-order chi connectivity index (χ1) is 8.80. The molecule has 5 heteroatoms. The van der Waals surface area contributed by atoms with E-state index < -0.39 is 6.03 Å². The minimum Gasteiger partial charge on any atom is -0.317 e. The second-order valence-corrected chi connectivity index (χ2v) is 6.06. The molecule has 5 nitrogen and oxygen atoms in total. The van der Waals surface area contributed by atoms with Crippen LogP contribution in [0.15, 0.2) is 11.8 Å². The van der Waals surface area contributed by atoms with Gasteiger partial charge in [-0.2, -0.15) is 0 Å². The minimum absolute atomic E-state index is 0.00628. The van der Waals surface area contributed by atoms with E-state index in [1.54, 1.807) is 6.20 Å². The number of allylic oxidation sites excluding steroid dienone is 1. The molecule has 0 unspecified atom stereocenters. The highest BCUT2D eigenvalue weighted by molar-refractivity contribution is 5.95. The second kappa shape index (κ2) is 6.70. The molecule has 1 aliphatic heterocycles. The van der Waals surface area contributed by atoms with E-state index >= 15 is 0 Å². The van der Waals surface area contributed by atoms with Crippen LogP contribution in [0.3, 0.4) is 0 Å². The Hall–Kier alpha value is -1.36. The van der Waals surface area contributed by atoms with Gasteiger partial charge in [0.1, 0.15) is 0 Å². The molecule has 0 spiro atoms. The normalized spacial score (nSPS) is 18.0. The van der Waals surface area contributed by atoms with E-state index in [1.165, 1.54) is 0 Å². The number of hydrogen-bond acceptors (Lipinski definition) is 3. The summed E-state index contributed by atoms with van der Waals surface area (Å²) >= 11 is 0. The van der Waals surface area contributed by atoms with Crippen molar-refractivity contribution in [2.24, 2.45) is 11.3 Å². The Morgan fingerprint density at radius 1 is 1.21 bits per heavy atom. The van der Waals surface area contributed by atoms with E-state index in [9.17, 15) is 9.59 Å². The first-order valence-electron chi connectivity index (χ1n) is 6.80. The summed E-state index contributed by atoms with van der Waals surface area (Å²) in [6, 6.07) is -0.452. The highest BCUT2D eigenvalue weighted by atomic mass is 16.2. The van der Waals surface area contributed by atoms with Crippen LogP contribution < -0.4 is 16.0 Å². The third kappa shape index (κ3) is 5.42. The zero-order chi connectivity index (χ0) is 14.5. The molecule has 0 atom stereocenters. The number of carbonyl (C=O) groups excluding carboxylic acids is 2. The zero-order valence-corrected chi connectivity index (χ0v) is 12.3. The lowest BCUT2D eigenvalue weighted by Gasteiger charge is -2.21. The Kier molecular flexibility index (Phi) is 5.54. The van der Waals surface area contributed by atoms with Gasteiger partial charge in [0, 0.05) is 12.1 Å². The molecule has 3 N–H and O–H groups in total. The molecule has 1 fully saturated rings. The van der Waals surface area contributed by atoms with Gasteiger partial charge in [0.05, 0.1) is 0 Å². The molecule has 108 valence electrons. The number of amides is 3. The van der Waals surface area contributed by atoms with Gasteiger partial charge >= 0.3 is 6.03 Å². The highest BCUT2D eigenvalue weighted by Crippen LogP contribution is 2.23. The summed E-state index contributed by atoms with van der Waals surface area (Å²) in [5.41, 5.74) is 1.06. The van der Waals surface area contributed by atoms with E-state index in [0.717, 1.165) is 31.5 Å². The Bertz CT molecular complexity index is 363. The summed E-state index contributed by atoms with van der Waals surface area (Å²) in [7, 11) is 0. The van der Waals surface area contributed by atoms with Crippen LogP contribution in [-0.4, -0.2) is 25.0 Å². The topological polar surface area (TPSA) is 70.2 Å². The predicted octanol–water partition coefficient (Wildman–Crippen LogP) is 1.76. The lowest BCUT2D eigenvalue weighted by Crippen LogP contribution is -2.43. The molecule has 0 aromatic rings. The maximum Gasteiger partial charge on any atom is 0.325 e. The number of carbonyl (C=O) groups is 2. The molecule has 0 saturated carbocycles. The van der Waals surface area contributed by atoms with Crippen molar-refractivity contribution >= 4 is 11.9 Å². The van der Waals surface area contributed by atoms with Gasteiger partial charge in [0.25, 0.3) is 0 Å². The quantitative estimate of drug-likeness (QED) is 0.714. The molecular formula is C14H25N3O2. The average molecular weight is 267 g/mol. The Balaban J connectivity index is 2.40. The van der Waals surface area contributed by atoms with Crippen LogP contribution >= 0.6 is 0 Å². The van der Waals surface area contributed by atoms with Crippen LogP contribution in [0, 0.1) is 11.3 Å². The van der Waals surface area contributed by atoms with Crippen LogP contribution in [0.1, 0.15) is 40.5 Å². The Morgan fingerprint density at radius 2 is 1.79 bits per heavy atom. The Morgan fingerprint density at radius 3 is 2.32 bits per heavy atom. The van der Waals surface area contributed by atoms with Gasteiger partial charge in [-0.1, -0.05) is 26.3 Å². The third-order valence-electron chi connectivity index (χ3n) is 3.55. The number of piperidine rings is 1. The molecule has 19 heavy (non-hydrogen) atoms. The van der Waals surface area contributed by atoms with Crippen molar-refractivity contribution in [3.05, 3.63) is 11.8 Å². The van der Waals surface area contributed by atoms with Crippen molar-refractivity contribution in [2.75, 3.05) is 13.1 Å². The first kappa shape index (κ1) is 15.7. The summed E-state index contributed by atoms with van der Waals surface area (Å²) in [6.07, 6.45) is 3.23. The Labute approximate surface area is 115 Å². The van der Waals surface area contributed by atoms with Crippen LogP contribution in [0.4, 0.5) is 4.79 Å². The fourth-order valence-corrected chi connectivity index (χ4v) is 1.72. The largest absolute Gasteiger partial charge is 0.325 e. The second-order valence-electron chi connectivity index (χ2n) is 6.06. The minimum atomic E-state index is -0.452. The van der Waals surface area contributed by atoms with E-state index in [-0.39, 0.29) is 17.2 Å². The zero-order valence-electron chi connectivity index (χ0n) is 12.3. The summed E-state index contributed by atoms with van der Waals surface area (Å²) in [4.78, 5) is 23.5. The van der Waals surface area contributed by atoms with Crippen molar-refractivity contribution in [1.82, 2.24) is 16.0 Å². The van der Waals surface area contributed by atoms with E-state index in [1.807, 2.05) is 6.92 Å². The van der Waals surface area contributed by atoms with Crippen molar-refractivity contribution < 1.29 is 9.59 Å². The van der Waals surface area contributed by atoms with Crippen LogP contribution in [0.25, 0.3) is 0 Å².